The second-order valence-corrected chi connectivity index (χ2v) is 8.99. The van der Waals surface area contributed by atoms with Crippen LogP contribution in [-0.4, -0.2) is 68.0 Å². The molecule has 0 saturated carbocycles. The summed E-state index contributed by atoms with van der Waals surface area (Å²) in [6.07, 6.45) is -0.786. The third-order valence-electron chi connectivity index (χ3n) is 6.90. The van der Waals surface area contributed by atoms with E-state index >= 15 is 0 Å². The van der Waals surface area contributed by atoms with Crippen LogP contribution in [0.15, 0.2) is 30.5 Å². The summed E-state index contributed by atoms with van der Waals surface area (Å²) in [5.74, 6) is 0.685. The van der Waals surface area contributed by atoms with E-state index in [1.54, 1.807) is 6.20 Å². The average Bonchev–Trinajstić information content (AvgIpc) is 3.41. The van der Waals surface area contributed by atoms with Gasteiger partial charge in [0, 0.05) is 18.5 Å². The van der Waals surface area contributed by atoms with Crippen molar-refractivity contribution in [3.8, 4) is 0 Å². The van der Waals surface area contributed by atoms with Crippen LogP contribution < -0.4 is 4.90 Å². The molecule has 9 nitrogen and oxygen atoms in total. The topological polar surface area (TPSA) is 116 Å². The normalized spacial score (nSPS) is 29.0. The molecule has 2 N–H and O–H groups in total. The highest BCUT2D eigenvalue weighted by Gasteiger charge is 2.49. The van der Waals surface area contributed by atoms with Gasteiger partial charge in [0.2, 0.25) is 5.28 Å². The first kappa shape index (κ1) is 19.4. The Kier molecular flexibility index (Phi) is 4.28. The minimum Gasteiger partial charge on any atom is -0.387 e. The molecule has 0 unspecified atom stereocenters. The quantitative estimate of drug-likeness (QED) is 0.586. The van der Waals surface area contributed by atoms with Gasteiger partial charge in [0.1, 0.15) is 30.7 Å². The molecule has 2 aliphatic heterocycles. The zero-order valence-electron chi connectivity index (χ0n) is 16.6. The predicted molar refractivity (Wildman–Crippen MR) is 110 cm³/mol. The fourth-order valence-electron chi connectivity index (χ4n) is 5.31. The Bertz CT molecular complexity index is 1160. The Hall–Kier alpha value is -2.30. The van der Waals surface area contributed by atoms with Crippen LogP contribution in [0, 0.1) is 0 Å². The number of rotatable bonds is 3. The minimum absolute atomic E-state index is 0.0606. The lowest BCUT2D eigenvalue weighted by atomic mass is 9.75. The number of anilines is 1. The zero-order chi connectivity index (χ0) is 21.3. The monoisotopic (exact) mass is 442 g/mol. The zero-order valence-corrected chi connectivity index (χ0v) is 17.3. The summed E-state index contributed by atoms with van der Waals surface area (Å²) in [4.78, 5) is 10.9. The smallest absolute Gasteiger partial charge is 0.226 e. The number of aromatic nitrogens is 4. The number of halogens is 1. The standard InChI is InChI=1S/C21H21ClN5O4/c22-20-24-17(26-9-21(10-26)6-5-11-3-1-2-4-13(11)21)12-7-23-27(18(12)25-20)19-16(30)15(29)14(8-28)31-19/h1-4,7,14-16,19,29-30H,5-6,8-10H2/t14-,15-,16-,19-/m1/s1. The number of aliphatic hydroxyl groups is 2. The van der Waals surface area contributed by atoms with E-state index in [2.05, 4.69) is 44.2 Å². The maximum atomic E-state index is 11.2. The number of hydrogen-bond acceptors (Lipinski definition) is 7. The Balaban J connectivity index is 1.34. The van der Waals surface area contributed by atoms with Crippen LogP contribution in [0.1, 0.15) is 23.8 Å². The van der Waals surface area contributed by atoms with Crippen LogP contribution in [0.2, 0.25) is 5.28 Å². The molecule has 2 aromatic heterocycles. The third-order valence-corrected chi connectivity index (χ3v) is 7.07. The van der Waals surface area contributed by atoms with Crippen molar-refractivity contribution in [2.24, 2.45) is 0 Å². The maximum absolute atomic E-state index is 11.2. The highest BCUT2D eigenvalue weighted by Crippen LogP contribution is 2.47. The van der Waals surface area contributed by atoms with Gasteiger partial charge in [-0.05, 0) is 35.6 Å². The van der Waals surface area contributed by atoms with Gasteiger partial charge in [0.25, 0.3) is 0 Å². The Morgan fingerprint density at radius 1 is 1.19 bits per heavy atom. The summed E-state index contributed by atoms with van der Waals surface area (Å²) in [6.45, 7) is 1.00. The summed E-state index contributed by atoms with van der Waals surface area (Å²) in [5, 5.41) is 36.7. The SMILES string of the molecule is [O]C[C@H]1O[C@@H](n2ncc3c(N4CC5(CCc6ccccc65)C4)nc(Cl)nc32)[C@H](O)[C@@H]1O. The highest BCUT2D eigenvalue weighted by atomic mass is 35.5. The van der Waals surface area contributed by atoms with Gasteiger partial charge in [-0.1, -0.05) is 24.3 Å². The van der Waals surface area contributed by atoms with Crippen molar-refractivity contribution in [3.63, 3.8) is 0 Å². The molecule has 1 radical (unpaired) electrons. The Morgan fingerprint density at radius 3 is 2.77 bits per heavy atom. The number of benzene rings is 1. The number of aliphatic hydroxyl groups excluding tert-OH is 2. The van der Waals surface area contributed by atoms with Crippen LogP contribution >= 0.6 is 11.6 Å². The van der Waals surface area contributed by atoms with Crippen molar-refractivity contribution in [2.75, 3.05) is 24.6 Å². The van der Waals surface area contributed by atoms with Crippen molar-refractivity contribution in [1.82, 2.24) is 19.7 Å². The van der Waals surface area contributed by atoms with Crippen LogP contribution in [0.5, 0.6) is 0 Å². The van der Waals surface area contributed by atoms with Crippen molar-refractivity contribution in [2.45, 2.75) is 42.8 Å². The second kappa shape index (κ2) is 6.85. The predicted octanol–water partition coefficient (Wildman–Crippen LogP) is 1.23. The van der Waals surface area contributed by atoms with Crippen molar-refractivity contribution in [1.29, 1.82) is 0 Å². The molecule has 161 valence electrons. The second-order valence-electron chi connectivity index (χ2n) is 8.65. The first-order valence-corrected chi connectivity index (χ1v) is 10.7. The summed E-state index contributed by atoms with van der Waals surface area (Å²) in [5.41, 5.74) is 3.36. The lowest BCUT2D eigenvalue weighted by Gasteiger charge is -2.49. The van der Waals surface area contributed by atoms with Crippen LogP contribution in [0.25, 0.3) is 11.0 Å². The van der Waals surface area contributed by atoms with E-state index in [4.69, 9.17) is 16.3 Å². The van der Waals surface area contributed by atoms with E-state index in [9.17, 15) is 15.3 Å². The van der Waals surface area contributed by atoms with E-state index < -0.39 is 31.1 Å². The highest BCUT2D eigenvalue weighted by molar-refractivity contribution is 6.28. The average molecular weight is 443 g/mol. The molecule has 6 rings (SSSR count). The lowest BCUT2D eigenvalue weighted by molar-refractivity contribution is -0.0669. The molecule has 4 heterocycles. The molecule has 2 fully saturated rings. The number of ether oxygens (including phenoxy) is 1. The fourth-order valence-corrected chi connectivity index (χ4v) is 5.47. The third kappa shape index (κ3) is 2.74. The molecule has 31 heavy (non-hydrogen) atoms. The first-order chi connectivity index (χ1) is 15.0. The van der Waals surface area contributed by atoms with Crippen molar-refractivity contribution < 1.29 is 20.1 Å². The van der Waals surface area contributed by atoms with Gasteiger partial charge >= 0.3 is 0 Å². The number of aryl methyl sites for hydroxylation is 1. The van der Waals surface area contributed by atoms with Crippen LogP contribution in [0.3, 0.4) is 0 Å². The number of fused-ring (bicyclic) bond motifs is 3. The van der Waals surface area contributed by atoms with Gasteiger partial charge in [-0.2, -0.15) is 15.1 Å². The molecule has 0 amide bonds. The lowest BCUT2D eigenvalue weighted by Crippen LogP contribution is -2.58. The fraction of sp³-hybridized carbons (Fsp3) is 0.476. The summed E-state index contributed by atoms with van der Waals surface area (Å²) in [6, 6.07) is 8.60. The molecule has 4 atom stereocenters. The largest absolute Gasteiger partial charge is 0.387 e. The molecule has 1 aromatic carbocycles. The van der Waals surface area contributed by atoms with E-state index in [1.807, 2.05) is 0 Å². The van der Waals surface area contributed by atoms with Crippen LogP contribution in [0.4, 0.5) is 5.82 Å². The van der Waals surface area contributed by atoms with Crippen LogP contribution in [-0.2, 0) is 21.7 Å². The summed E-state index contributed by atoms with van der Waals surface area (Å²) < 4.78 is 6.93. The number of nitrogens with zero attached hydrogens (tertiary/aromatic N) is 5. The molecule has 3 aromatic rings. The van der Waals surface area contributed by atoms with Gasteiger partial charge < -0.3 is 19.8 Å². The summed E-state index contributed by atoms with van der Waals surface area (Å²) in [7, 11) is 0. The maximum Gasteiger partial charge on any atom is 0.226 e. The number of hydrogen-bond donors (Lipinski definition) is 2. The molecular formula is C21H21ClN5O4. The van der Waals surface area contributed by atoms with Gasteiger partial charge in [0.05, 0.1) is 11.6 Å². The molecule has 3 aliphatic rings. The van der Waals surface area contributed by atoms with Crippen molar-refractivity contribution >= 4 is 28.5 Å². The van der Waals surface area contributed by atoms with E-state index in [1.165, 1.54) is 15.8 Å². The molecule has 1 aliphatic carbocycles. The van der Waals surface area contributed by atoms with E-state index in [-0.39, 0.29) is 10.7 Å². The Labute approximate surface area is 182 Å². The Morgan fingerprint density at radius 2 is 2.00 bits per heavy atom. The van der Waals surface area contributed by atoms with Gasteiger partial charge in [-0.3, -0.25) is 0 Å². The van der Waals surface area contributed by atoms with E-state index in [0.717, 1.165) is 25.9 Å². The minimum atomic E-state index is -1.29. The molecule has 0 bridgehead atoms. The molecule has 10 heteroatoms. The van der Waals surface area contributed by atoms with Gasteiger partial charge in [-0.25, -0.2) is 9.79 Å². The van der Waals surface area contributed by atoms with Crippen molar-refractivity contribution in [3.05, 3.63) is 46.9 Å². The van der Waals surface area contributed by atoms with Gasteiger partial charge in [-0.15, -0.1) is 0 Å². The molecular weight excluding hydrogens is 422 g/mol. The summed E-state index contributed by atoms with van der Waals surface area (Å²) >= 11 is 6.25. The van der Waals surface area contributed by atoms with Gasteiger partial charge in [0.15, 0.2) is 11.9 Å². The molecule has 1 spiro atoms. The first-order valence-electron chi connectivity index (χ1n) is 10.3. The molecule has 2 saturated heterocycles. The van der Waals surface area contributed by atoms with E-state index in [0.29, 0.717) is 16.9 Å².